The summed E-state index contributed by atoms with van der Waals surface area (Å²) in [5, 5.41) is 3.27. The largest absolute Gasteiger partial charge is 0.339 e. The molecule has 1 N–H and O–H groups in total. The van der Waals surface area contributed by atoms with Crippen molar-refractivity contribution in [2.75, 3.05) is 52.4 Å². The second-order valence-corrected chi connectivity index (χ2v) is 8.11. The van der Waals surface area contributed by atoms with Gasteiger partial charge in [-0.2, -0.15) is 0 Å². The van der Waals surface area contributed by atoms with Crippen molar-refractivity contribution in [2.24, 2.45) is 0 Å². The van der Waals surface area contributed by atoms with Crippen LogP contribution < -0.4 is 5.32 Å². The van der Waals surface area contributed by atoms with Gasteiger partial charge in [-0.15, -0.1) is 0 Å². The Morgan fingerprint density at radius 3 is 2.68 bits per heavy atom. The molecule has 3 rings (SSSR count). The van der Waals surface area contributed by atoms with Gasteiger partial charge in [0.1, 0.15) is 6.54 Å². The normalized spacial score (nSPS) is 20.8. The Bertz CT molecular complexity index is 672. The quantitative estimate of drug-likeness (QED) is 0.809. The van der Waals surface area contributed by atoms with E-state index in [1.54, 1.807) is 4.90 Å². The molecule has 0 saturated carbocycles. The topological polar surface area (TPSA) is 55.9 Å². The maximum absolute atomic E-state index is 13.2. The lowest BCUT2D eigenvalue weighted by Crippen LogP contribution is -2.51. The molecule has 0 aromatic heterocycles. The second kappa shape index (κ2) is 10.0. The first-order valence-corrected chi connectivity index (χ1v) is 10.6. The Morgan fingerprint density at radius 1 is 1.18 bits per heavy atom. The summed E-state index contributed by atoms with van der Waals surface area (Å²) >= 11 is 0. The van der Waals surface area contributed by atoms with E-state index in [1.165, 1.54) is 19.3 Å². The number of carbonyl (C=O) groups is 2. The van der Waals surface area contributed by atoms with Gasteiger partial charge in [0, 0.05) is 50.9 Å². The van der Waals surface area contributed by atoms with Crippen LogP contribution >= 0.6 is 0 Å². The van der Waals surface area contributed by atoms with E-state index in [-0.39, 0.29) is 18.4 Å². The number of hydrogen-bond donors (Lipinski definition) is 1. The first-order chi connectivity index (χ1) is 13.5. The van der Waals surface area contributed by atoms with Crippen LogP contribution in [-0.2, 0) is 4.79 Å². The minimum absolute atomic E-state index is 0.0446. The molecule has 6 heteroatoms. The summed E-state index contributed by atoms with van der Waals surface area (Å²) in [7, 11) is 0. The summed E-state index contributed by atoms with van der Waals surface area (Å²) in [6.07, 6.45) is 3.71. The van der Waals surface area contributed by atoms with Crippen LogP contribution in [0.5, 0.6) is 0 Å². The molecule has 6 nitrogen and oxygen atoms in total. The molecule has 2 aliphatic heterocycles. The molecule has 0 aliphatic carbocycles. The first-order valence-electron chi connectivity index (χ1n) is 10.6. The highest BCUT2D eigenvalue weighted by atomic mass is 16.2. The third-order valence-corrected chi connectivity index (χ3v) is 5.95. The average molecular weight is 387 g/mol. The van der Waals surface area contributed by atoms with Crippen LogP contribution in [0, 0.1) is 6.92 Å². The molecular weight excluding hydrogens is 352 g/mol. The summed E-state index contributed by atoms with van der Waals surface area (Å²) in [6.45, 7) is 9.99. The van der Waals surface area contributed by atoms with Gasteiger partial charge >= 0.3 is 0 Å². The van der Waals surface area contributed by atoms with Crippen molar-refractivity contribution in [1.82, 2.24) is 20.0 Å². The molecule has 2 amide bonds. The predicted octanol–water partition coefficient (Wildman–Crippen LogP) is 1.74. The van der Waals surface area contributed by atoms with Gasteiger partial charge in [-0.05, 0) is 45.4 Å². The minimum atomic E-state index is -0.0446. The Morgan fingerprint density at radius 2 is 1.96 bits per heavy atom. The van der Waals surface area contributed by atoms with Crippen LogP contribution in [0.1, 0.15) is 42.1 Å². The van der Waals surface area contributed by atoms with Crippen molar-refractivity contribution in [3.05, 3.63) is 35.4 Å². The molecule has 2 aliphatic rings. The van der Waals surface area contributed by atoms with Crippen LogP contribution in [0.2, 0.25) is 0 Å². The van der Waals surface area contributed by atoms with E-state index >= 15 is 0 Å². The molecule has 154 valence electrons. The number of rotatable bonds is 6. The van der Waals surface area contributed by atoms with Gasteiger partial charge in [0.25, 0.3) is 5.91 Å². The zero-order chi connectivity index (χ0) is 19.9. The van der Waals surface area contributed by atoms with Gasteiger partial charge in [-0.3, -0.25) is 14.5 Å². The minimum Gasteiger partial charge on any atom is -0.339 e. The number of nitrogens with one attached hydrogen (secondary N) is 1. The number of piperidine rings is 1. The molecule has 2 saturated heterocycles. The highest BCUT2D eigenvalue weighted by Crippen LogP contribution is 2.16. The summed E-state index contributed by atoms with van der Waals surface area (Å²) in [6, 6.07) is 8.21. The van der Waals surface area contributed by atoms with E-state index in [1.807, 2.05) is 36.1 Å². The first kappa shape index (κ1) is 20.8. The number of piperazine rings is 1. The number of aryl methyl sites for hydroxylation is 1. The van der Waals surface area contributed by atoms with Crippen LogP contribution in [0.3, 0.4) is 0 Å². The van der Waals surface area contributed by atoms with Crippen LogP contribution in [0.15, 0.2) is 24.3 Å². The second-order valence-electron chi connectivity index (χ2n) is 8.11. The maximum atomic E-state index is 13.2. The number of carbonyl (C=O) groups excluding carboxylic acids is 2. The number of likely N-dealkylation sites (tertiary alicyclic amines) is 1. The highest BCUT2D eigenvalue weighted by molar-refractivity contribution is 5.96. The number of hydrogen-bond acceptors (Lipinski definition) is 4. The van der Waals surface area contributed by atoms with E-state index in [0.717, 1.165) is 31.7 Å². The summed E-state index contributed by atoms with van der Waals surface area (Å²) < 4.78 is 0. The fourth-order valence-corrected chi connectivity index (χ4v) is 4.13. The van der Waals surface area contributed by atoms with E-state index < -0.39 is 0 Å². The number of benzene rings is 1. The fourth-order valence-electron chi connectivity index (χ4n) is 4.13. The van der Waals surface area contributed by atoms with Crippen molar-refractivity contribution in [1.29, 1.82) is 0 Å². The SMILES string of the molecule is Cc1cccc(C(=O)N(CCN2CCCC[C@H]2C)CC(=O)N2CCNCC2)c1. The molecule has 1 aromatic rings. The monoisotopic (exact) mass is 386 g/mol. The maximum Gasteiger partial charge on any atom is 0.254 e. The zero-order valence-electron chi connectivity index (χ0n) is 17.3. The Kier molecular flexibility index (Phi) is 7.45. The Hall–Kier alpha value is -1.92. The molecule has 1 aromatic carbocycles. The summed E-state index contributed by atoms with van der Waals surface area (Å²) in [5.74, 6) is 0.00560. The van der Waals surface area contributed by atoms with Gasteiger partial charge in [0.2, 0.25) is 5.91 Å². The molecule has 0 radical (unpaired) electrons. The lowest BCUT2D eigenvalue weighted by molar-refractivity contribution is -0.132. The summed E-state index contributed by atoms with van der Waals surface area (Å²) in [4.78, 5) is 32.1. The Labute approximate surface area is 168 Å². The zero-order valence-corrected chi connectivity index (χ0v) is 17.3. The number of nitrogens with zero attached hydrogens (tertiary/aromatic N) is 3. The molecule has 0 bridgehead atoms. The average Bonchev–Trinajstić information content (AvgIpc) is 2.72. The van der Waals surface area contributed by atoms with E-state index in [9.17, 15) is 9.59 Å². The van der Waals surface area contributed by atoms with Gasteiger partial charge in [-0.1, -0.05) is 24.1 Å². The van der Waals surface area contributed by atoms with E-state index in [2.05, 4.69) is 17.1 Å². The number of amides is 2. The van der Waals surface area contributed by atoms with Crippen molar-refractivity contribution in [3.8, 4) is 0 Å². The van der Waals surface area contributed by atoms with Crippen molar-refractivity contribution in [3.63, 3.8) is 0 Å². The third kappa shape index (κ3) is 5.55. The molecule has 2 fully saturated rings. The lowest BCUT2D eigenvalue weighted by atomic mass is 10.0. The molecule has 1 atom stereocenters. The molecule has 28 heavy (non-hydrogen) atoms. The van der Waals surface area contributed by atoms with E-state index in [4.69, 9.17) is 0 Å². The van der Waals surface area contributed by atoms with Crippen molar-refractivity contribution >= 4 is 11.8 Å². The van der Waals surface area contributed by atoms with Gasteiger partial charge in [0.15, 0.2) is 0 Å². The molecule has 0 spiro atoms. The summed E-state index contributed by atoms with van der Waals surface area (Å²) in [5.41, 5.74) is 1.73. The van der Waals surface area contributed by atoms with Crippen molar-refractivity contribution in [2.45, 2.75) is 39.2 Å². The fraction of sp³-hybridized carbons (Fsp3) is 0.636. The molecular formula is C22H34N4O2. The predicted molar refractivity (Wildman–Crippen MR) is 111 cm³/mol. The van der Waals surface area contributed by atoms with Crippen LogP contribution in [0.4, 0.5) is 0 Å². The lowest BCUT2D eigenvalue weighted by Gasteiger charge is -2.35. The van der Waals surface area contributed by atoms with Gasteiger partial charge in [0.05, 0.1) is 0 Å². The highest BCUT2D eigenvalue weighted by Gasteiger charge is 2.25. The molecule has 2 heterocycles. The smallest absolute Gasteiger partial charge is 0.254 e. The van der Waals surface area contributed by atoms with Gasteiger partial charge < -0.3 is 15.1 Å². The standard InChI is InChI=1S/C22H34N4O2/c1-18-6-5-8-20(16-18)22(28)26(15-14-24-11-4-3-7-19(24)2)17-21(27)25-12-9-23-10-13-25/h5-6,8,16,19,23H,3-4,7,9-15,17H2,1-2H3/t19-/m1/s1. The Balaban J connectivity index is 1.68. The third-order valence-electron chi connectivity index (χ3n) is 5.95. The molecule has 0 unspecified atom stereocenters. The van der Waals surface area contributed by atoms with Gasteiger partial charge in [-0.25, -0.2) is 0 Å². The van der Waals surface area contributed by atoms with Crippen LogP contribution in [-0.4, -0.2) is 84.9 Å². The van der Waals surface area contributed by atoms with Crippen LogP contribution in [0.25, 0.3) is 0 Å². The van der Waals surface area contributed by atoms with E-state index in [0.29, 0.717) is 31.2 Å². The van der Waals surface area contributed by atoms with Crippen molar-refractivity contribution < 1.29 is 9.59 Å².